The number of nitrogens with two attached hydrogens (primary N) is 1. The number of ether oxygens (including phenoxy) is 1. The summed E-state index contributed by atoms with van der Waals surface area (Å²) in [6.45, 7) is 0.405. The van der Waals surface area contributed by atoms with Gasteiger partial charge in [0.15, 0.2) is 0 Å². The zero-order valence-corrected chi connectivity index (χ0v) is 12.4. The molecule has 3 aromatic rings. The van der Waals surface area contributed by atoms with Crippen LogP contribution in [-0.4, -0.2) is 14.8 Å². The molecule has 3 rings (SSSR count). The molecule has 0 aliphatic rings. The number of aromatic nitrogens is 2. The molecule has 0 spiro atoms. The summed E-state index contributed by atoms with van der Waals surface area (Å²) in [5.74, 6) is 0.732. The molecule has 1 heterocycles. The van der Waals surface area contributed by atoms with Gasteiger partial charge in [-0.1, -0.05) is 42.5 Å². The van der Waals surface area contributed by atoms with Crippen molar-refractivity contribution in [3.05, 3.63) is 59.8 Å². The standard InChI is InChI=1S/C16H15N3OS/c1-19-15-8-3-2-7-13(15)14(18-19)10-20-12-6-4-5-11(9-12)16(17)21/h2-9H,10H2,1H3,(H2,17,21). The number of fused-ring (bicyclic) bond motifs is 1. The predicted octanol–water partition coefficient (Wildman–Crippen LogP) is 2.79. The molecule has 0 unspecified atom stereocenters. The van der Waals surface area contributed by atoms with Crippen LogP contribution in [0.25, 0.3) is 10.9 Å². The average molecular weight is 297 g/mol. The van der Waals surface area contributed by atoms with E-state index in [9.17, 15) is 0 Å². The molecule has 0 atom stereocenters. The normalized spacial score (nSPS) is 10.7. The number of nitrogens with zero attached hydrogens (tertiary/aromatic N) is 2. The lowest BCUT2D eigenvalue weighted by Gasteiger charge is -2.06. The highest BCUT2D eigenvalue weighted by atomic mass is 32.1. The van der Waals surface area contributed by atoms with Crippen molar-refractivity contribution in [2.45, 2.75) is 6.61 Å². The first-order valence-corrected chi connectivity index (χ1v) is 6.99. The molecule has 0 fully saturated rings. The summed E-state index contributed by atoms with van der Waals surface area (Å²) in [4.78, 5) is 0.365. The molecule has 0 aliphatic heterocycles. The number of hydrogen-bond acceptors (Lipinski definition) is 3. The highest BCUT2D eigenvalue weighted by Crippen LogP contribution is 2.20. The van der Waals surface area contributed by atoms with Gasteiger partial charge in [-0.15, -0.1) is 0 Å². The summed E-state index contributed by atoms with van der Waals surface area (Å²) in [6.07, 6.45) is 0. The first-order valence-electron chi connectivity index (χ1n) is 6.58. The van der Waals surface area contributed by atoms with Gasteiger partial charge in [0, 0.05) is 18.0 Å². The molecule has 0 aliphatic carbocycles. The Kier molecular flexibility index (Phi) is 3.58. The summed E-state index contributed by atoms with van der Waals surface area (Å²) >= 11 is 4.97. The summed E-state index contributed by atoms with van der Waals surface area (Å²) in [5, 5.41) is 5.61. The van der Waals surface area contributed by atoms with Crippen LogP contribution < -0.4 is 10.5 Å². The van der Waals surface area contributed by atoms with Crippen molar-refractivity contribution in [1.29, 1.82) is 0 Å². The third-order valence-corrected chi connectivity index (χ3v) is 3.56. The second-order valence-corrected chi connectivity index (χ2v) is 5.21. The minimum absolute atomic E-state index is 0.365. The van der Waals surface area contributed by atoms with E-state index in [0.717, 1.165) is 27.9 Å². The largest absolute Gasteiger partial charge is 0.487 e. The lowest BCUT2D eigenvalue weighted by atomic mass is 10.2. The fraction of sp³-hybridized carbons (Fsp3) is 0.125. The van der Waals surface area contributed by atoms with Gasteiger partial charge in [-0.3, -0.25) is 4.68 Å². The predicted molar refractivity (Wildman–Crippen MR) is 87.4 cm³/mol. The van der Waals surface area contributed by atoms with Crippen molar-refractivity contribution in [2.75, 3.05) is 0 Å². The summed E-state index contributed by atoms with van der Waals surface area (Å²) < 4.78 is 7.67. The van der Waals surface area contributed by atoms with E-state index >= 15 is 0 Å². The lowest BCUT2D eigenvalue weighted by molar-refractivity contribution is 0.301. The lowest BCUT2D eigenvalue weighted by Crippen LogP contribution is -2.09. The smallest absolute Gasteiger partial charge is 0.133 e. The Bertz CT molecular complexity index is 810. The van der Waals surface area contributed by atoms with Crippen LogP contribution in [0.2, 0.25) is 0 Å². The highest BCUT2D eigenvalue weighted by molar-refractivity contribution is 7.80. The van der Waals surface area contributed by atoms with Gasteiger partial charge in [0.25, 0.3) is 0 Å². The van der Waals surface area contributed by atoms with E-state index in [1.54, 1.807) is 0 Å². The van der Waals surface area contributed by atoms with E-state index in [4.69, 9.17) is 22.7 Å². The van der Waals surface area contributed by atoms with Crippen LogP contribution in [0.1, 0.15) is 11.3 Å². The van der Waals surface area contributed by atoms with Gasteiger partial charge in [-0.2, -0.15) is 5.10 Å². The fourth-order valence-corrected chi connectivity index (χ4v) is 2.41. The van der Waals surface area contributed by atoms with Crippen molar-refractivity contribution < 1.29 is 4.74 Å². The molecule has 5 heteroatoms. The van der Waals surface area contributed by atoms with Gasteiger partial charge < -0.3 is 10.5 Å². The fourth-order valence-electron chi connectivity index (χ4n) is 2.29. The first-order chi connectivity index (χ1) is 10.1. The third-order valence-electron chi connectivity index (χ3n) is 3.33. The Labute approximate surface area is 128 Å². The van der Waals surface area contributed by atoms with Gasteiger partial charge in [0.2, 0.25) is 0 Å². The second-order valence-electron chi connectivity index (χ2n) is 4.77. The number of para-hydroxylation sites is 1. The topological polar surface area (TPSA) is 53.1 Å². The number of aryl methyl sites for hydroxylation is 1. The maximum Gasteiger partial charge on any atom is 0.133 e. The molecular weight excluding hydrogens is 282 g/mol. The summed E-state index contributed by atoms with van der Waals surface area (Å²) in [6, 6.07) is 15.6. The highest BCUT2D eigenvalue weighted by Gasteiger charge is 2.08. The van der Waals surface area contributed by atoms with E-state index in [1.807, 2.05) is 60.3 Å². The van der Waals surface area contributed by atoms with Crippen LogP contribution in [0.5, 0.6) is 5.75 Å². The van der Waals surface area contributed by atoms with Crippen LogP contribution in [0.4, 0.5) is 0 Å². The van der Waals surface area contributed by atoms with E-state index in [-0.39, 0.29) is 0 Å². The zero-order chi connectivity index (χ0) is 14.8. The number of benzene rings is 2. The van der Waals surface area contributed by atoms with Crippen LogP contribution in [0.15, 0.2) is 48.5 Å². The molecule has 21 heavy (non-hydrogen) atoms. The van der Waals surface area contributed by atoms with Gasteiger partial charge in [0.1, 0.15) is 23.0 Å². The van der Waals surface area contributed by atoms with Crippen LogP contribution in [0.3, 0.4) is 0 Å². The Hall–Kier alpha value is -2.40. The Morgan fingerprint density at radius 1 is 1.24 bits per heavy atom. The molecule has 2 N–H and O–H groups in total. The van der Waals surface area contributed by atoms with Crippen molar-refractivity contribution >= 4 is 28.1 Å². The maximum atomic E-state index is 5.81. The monoisotopic (exact) mass is 297 g/mol. The van der Waals surface area contributed by atoms with Crippen molar-refractivity contribution in [1.82, 2.24) is 9.78 Å². The molecule has 0 amide bonds. The van der Waals surface area contributed by atoms with Gasteiger partial charge in [-0.25, -0.2) is 0 Å². The molecule has 0 bridgehead atoms. The minimum atomic E-state index is 0.365. The van der Waals surface area contributed by atoms with E-state index in [0.29, 0.717) is 11.6 Å². The van der Waals surface area contributed by atoms with E-state index < -0.39 is 0 Å². The van der Waals surface area contributed by atoms with E-state index in [2.05, 4.69) is 5.10 Å². The Morgan fingerprint density at radius 3 is 2.86 bits per heavy atom. The summed E-state index contributed by atoms with van der Waals surface area (Å²) in [7, 11) is 1.93. The van der Waals surface area contributed by atoms with Crippen molar-refractivity contribution in [3.8, 4) is 5.75 Å². The van der Waals surface area contributed by atoms with Gasteiger partial charge in [-0.05, 0) is 18.2 Å². The Balaban J connectivity index is 1.84. The molecule has 106 valence electrons. The molecular formula is C16H15N3OS. The van der Waals surface area contributed by atoms with E-state index in [1.165, 1.54) is 0 Å². The number of rotatable bonds is 4. The molecule has 0 radical (unpaired) electrons. The molecule has 0 saturated carbocycles. The van der Waals surface area contributed by atoms with Crippen LogP contribution in [-0.2, 0) is 13.7 Å². The zero-order valence-electron chi connectivity index (χ0n) is 11.6. The third kappa shape index (κ3) is 2.73. The first kappa shape index (κ1) is 13.6. The van der Waals surface area contributed by atoms with Crippen molar-refractivity contribution in [2.24, 2.45) is 12.8 Å². The average Bonchev–Trinajstić information content (AvgIpc) is 2.82. The van der Waals surface area contributed by atoms with Gasteiger partial charge >= 0.3 is 0 Å². The molecule has 0 saturated heterocycles. The second kappa shape index (κ2) is 5.54. The SMILES string of the molecule is Cn1nc(COc2cccc(C(N)=S)c2)c2ccccc21. The minimum Gasteiger partial charge on any atom is -0.487 e. The Morgan fingerprint density at radius 2 is 2.05 bits per heavy atom. The van der Waals surface area contributed by atoms with Crippen LogP contribution >= 0.6 is 12.2 Å². The van der Waals surface area contributed by atoms with Crippen LogP contribution in [0, 0.1) is 0 Å². The maximum absolute atomic E-state index is 5.81. The molecule has 2 aromatic carbocycles. The number of thiocarbonyl (C=S) groups is 1. The molecule has 1 aromatic heterocycles. The van der Waals surface area contributed by atoms with Gasteiger partial charge in [0.05, 0.1) is 5.52 Å². The molecule has 4 nitrogen and oxygen atoms in total. The summed E-state index contributed by atoms with van der Waals surface area (Å²) in [5.41, 5.74) is 8.43. The number of hydrogen-bond donors (Lipinski definition) is 1. The van der Waals surface area contributed by atoms with Crippen molar-refractivity contribution in [3.63, 3.8) is 0 Å². The quantitative estimate of drug-likeness (QED) is 0.752.